The molecule has 5 nitrogen and oxygen atoms in total. The minimum absolute atomic E-state index is 0.194. The van der Waals surface area contributed by atoms with Crippen LogP contribution in [-0.4, -0.2) is 31.5 Å². The average molecular weight is 385 g/mol. The standard InChI is InChI=1S/C21H24N2O3S/c1-25-17-8-10-20(26-2)21(11-17)27-18-9-3-14(13-22)19(12-18)23-15-4-6-16(24)7-5-15/h3,8-12,15-16,23-24H,4-7H2,1-2H3. The van der Waals surface area contributed by atoms with Gasteiger partial charge in [-0.1, -0.05) is 11.8 Å². The highest BCUT2D eigenvalue weighted by molar-refractivity contribution is 7.99. The molecule has 0 spiro atoms. The van der Waals surface area contributed by atoms with Gasteiger partial charge in [-0.3, -0.25) is 0 Å². The number of nitrogens with one attached hydrogen (secondary N) is 1. The summed E-state index contributed by atoms with van der Waals surface area (Å²) in [5.41, 5.74) is 1.47. The van der Waals surface area contributed by atoms with Gasteiger partial charge in [0.2, 0.25) is 0 Å². The van der Waals surface area contributed by atoms with Crippen molar-refractivity contribution in [2.75, 3.05) is 19.5 Å². The Kier molecular flexibility index (Phi) is 6.49. The second-order valence-corrected chi connectivity index (χ2v) is 7.70. The molecule has 0 bridgehead atoms. The number of methoxy groups -OCH3 is 2. The monoisotopic (exact) mass is 384 g/mol. The molecule has 0 aromatic heterocycles. The zero-order valence-electron chi connectivity index (χ0n) is 15.6. The Morgan fingerprint density at radius 2 is 1.85 bits per heavy atom. The van der Waals surface area contributed by atoms with Crippen LogP contribution in [0.15, 0.2) is 46.2 Å². The fraction of sp³-hybridized carbons (Fsp3) is 0.381. The maximum atomic E-state index is 9.69. The van der Waals surface area contributed by atoms with E-state index in [9.17, 15) is 10.4 Å². The molecule has 27 heavy (non-hydrogen) atoms. The fourth-order valence-corrected chi connectivity index (χ4v) is 4.23. The first-order chi connectivity index (χ1) is 13.1. The number of hydrogen-bond acceptors (Lipinski definition) is 6. The quantitative estimate of drug-likeness (QED) is 0.767. The van der Waals surface area contributed by atoms with Gasteiger partial charge in [-0.2, -0.15) is 5.26 Å². The van der Waals surface area contributed by atoms with E-state index in [1.807, 2.05) is 36.4 Å². The van der Waals surface area contributed by atoms with E-state index < -0.39 is 0 Å². The highest BCUT2D eigenvalue weighted by atomic mass is 32.2. The first-order valence-corrected chi connectivity index (χ1v) is 9.83. The van der Waals surface area contributed by atoms with E-state index in [1.165, 1.54) is 0 Å². The molecule has 6 heteroatoms. The van der Waals surface area contributed by atoms with Crippen LogP contribution in [0, 0.1) is 11.3 Å². The molecule has 1 fully saturated rings. The summed E-state index contributed by atoms with van der Waals surface area (Å²) in [5, 5.41) is 22.6. The SMILES string of the molecule is COc1ccc(OC)c(Sc2ccc(C#N)c(NC3CCC(O)CC3)c2)c1. The molecule has 2 aromatic rings. The summed E-state index contributed by atoms with van der Waals surface area (Å²) in [5.74, 6) is 1.55. The van der Waals surface area contributed by atoms with Crippen molar-refractivity contribution in [2.45, 2.75) is 47.6 Å². The van der Waals surface area contributed by atoms with E-state index in [0.717, 1.165) is 52.7 Å². The molecule has 1 saturated carbocycles. The van der Waals surface area contributed by atoms with Crippen molar-refractivity contribution < 1.29 is 14.6 Å². The maximum absolute atomic E-state index is 9.69. The van der Waals surface area contributed by atoms with Crippen LogP contribution in [0.1, 0.15) is 31.2 Å². The van der Waals surface area contributed by atoms with Crippen molar-refractivity contribution in [1.82, 2.24) is 0 Å². The third kappa shape index (κ3) is 4.88. The molecular weight excluding hydrogens is 360 g/mol. The highest BCUT2D eigenvalue weighted by Gasteiger charge is 2.20. The van der Waals surface area contributed by atoms with Crippen molar-refractivity contribution >= 4 is 17.4 Å². The molecule has 2 N–H and O–H groups in total. The van der Waals surface area contributed by atoms with E-state index in [4.69, 9.17) is 9.47 Å². The lowest BCUT2D eigenvalue weighted by Gasteiger charge is -2.27. The Bertz CT molecular complexity index is 827. The van der Waals surface area contributed by atoms with Gasteiger partial charge < -0.3 is 19.9 Å². The predicted molar refractivity (Wildman–Crippen MR) is 107 cm³/mol. The molecule has 2 aromatic carbocycles. The summed E-state index contributed by atoms with van der Waals surface area (Å²) in [7, 11) is 3.29. The second-order valence-electron chi connectivity index (χ2n) is 6.59. The third-order valence-corrected chi connectivity index (χ3v) is 5.80. The number of ether oxygens (including phenoxy) is 2. The van der Waals surface area contributed by atoms with Crippen molar-refractivity contribution in [3.63, 3.8) is 0 Å². The molecule has 0 unspecified atom stereocenters. The van der Waals surface area contributed by atoms with Crippen LogP contribution in [0.25, 0.3) is 0 Å². The van der Waals surface area contributed by atoms with Crippen LogP contribution in [0.2, 0.25) is 0 Å². The molecule has 0 heterocycles. The first kappa shape index (κ1) is 19.4. The van der Waals surface area contributed by atoms with Crippen molar-refractivity contribution in [2.24, 2.45) is 0 Å². The smallest absolute Gasteiger partial charge is 0.133 e. The molecule has 0 radical (unpaired) electrons. The number of aliphatic hydroxyl groups is 1. The van der Waals surface area contributed by atoms with Crippen LogP contribution < -0.4 is 14.8 Å². The maximum Gasteiger partial charge on any atom is 0.133 e. The molecule has 142 valence electrons. The Morgan fingerprint density at radius 1 is 1.07 bits per heavy atom. The van der Waals surface area contributed by atoms with Gasteiger partial charge in [-0.05, 0) is 62.1 Å². The van der Waals surface area contributed by atoms with Gasteiger partial charge >= 0.3 is 0 Å². The molecule has 3 rings (SSSR count). The van der Waals surface area contributed by atoms with Crippen LogP contribution >= 0.6 is 11.8 Å². The van der Waals surface area contributed by atoms with Crippen molar-refractivity contribution in [3.8, 4) is 17.6 Å². The number of nitrogens with zero attached hydrogens (tertiary/aromatic N) is 1. The molecule has 1 aliphatic rings. The Labute approximate surface area is 164 Å². The van der Waals surface area contributed by atoms with E-state index in [-0.39, 0.29) is 12.1 Å². The minimum Gasteiger partial charge on any atom is -0.497 e. The van der Waals surface area contributed by atoms with Crippen LogP contribution in [0.5, 0.6) is 11.5 Å². The van der Waals surface area contributed by atoms with Crippen LogP contribution in [-0.2, 0) is 0 Å². The predicted octanol–water partition coefficient (Wildman–Crippen LogP) is 4.44. The topological polar surface area (TPSA) is 74.5 Å². The zero-order valence-corrected chi connectivity index (χ0v) is 16.4. The van der Waals surface area contributed by atoms with Gasteiger partial charge in [-0.15, -0.1) is 0 Å². The van der Waals surface area contributed by atoms with Crippen molar-refractivity contribution in [3.05, 3.63) is 42.0 Å². The lowest BCUT2D eigenvalue weighted by atomic mass is 9.93. The lowest BCUT2D eigenvalue weighted by molar-refractivity contribution is 0.126. The van der Waals surface area contributed by atoms with Crippen LogP contribution in [0.4, 0.5) is 5.69 Å². The largest absolute Gasteiger partial charge is 0.497 e. The van der Waals surface area contributed by atoms with Gasteiger partial charge in [-0.25, -0.2) is 0 Å². The minimum atomic E-state index is -0.194. The van der Waals surface area contributed by atoms with Gasteiger partial charge in [0.05, 0.1) is 36.5 Å². The number of benzene rings is 2. The average Bonchev–Trinajstić information content (AvgIpc) is 2.70. The number of aliphatic hydroxyl groups excluding tert-OH is 1. The zero-order chi connectivity index (χ0) is 19.2. The van der Waals surface area contributed by atoms with Crippen LogP contribution in [0.3, 0.4) is 0 Å². The number of rotatable bonds is 6. The number of hydrogen-bond donors (Lipinski definition) is 2. The number of nitriles is 1. The Balaban J connectivity index is 1.82. The molecule has 0 saturated heterocycles. The first-order valence-electron chi connectivity index (χ1n) is 9.01. The lowest BCUT2D eigenvalue weighted by Crippen LogP contribution is -2.28. The van der Waals surface area contributed by atoms with Crippen molar-refractivity contribution in [1.29, 1.82) is 5.26 Å². The molecule has 0 atom stereocenters. The summed E-state index contributed by atoms with van der Waals surface area (Å²) in [6, 6.07) is 14.0. The fourth-order valence-electron chi connectivity index (χ4n) is 3.23. The van der Waals surface area contributed by atoms with E-state index in [1.54, 1.807) is 26.0 Å². The number of anilines is 1. The molecule has 1 aliphatic carbocycles. The third-order valence-electron chi connectivity index (χ3n) is 4.77. The molecule has 0 amide bonds. The highest BCUT2D eigenvalue weighted by Crippen LogP contribution is 2.39. The van der Waals surface area contributed by atoms with Gasteiger partial charge in [0, 0.05) is 10.9 Å². The summed E-state index contributed by atoms with van der Waals surface area (Å²) >= 11 is 1.57. The van der Waals surface area contributed by atoms with E-state index in [2.05, 4.69) is 11.4 Å². The normalized spacial score (nSPS) is 19.2. The van der Waals surface area contributed by atoms with E-state index >= 15 is 0 Å². The van der Waals surface area contributed by atoms with Gasteiger partial charge in [0.15, 0.2) is 0 Å². The second kappa shape index (κ2) is 9.03. The molecule has 0 aliphatic heterocycles. The Hall–Kier alpha value is -2.36. The summed E-state index contributed by atoms with van der Waals surface area (Å²) < 4.78 is 10.8. The van der Waals surface area contributed by atoms with Gasteiger partial charge in [0.1, 0.15) is 17.6 Å². The summed E-state index contributed by atoms with van der Waals surface area (Å²) in [6.07, 6.45) is 3.23. The Morgan fingerprint density at radius 3 is 2.52 bits per heavy atom. The summed E-state index contributed by atoms with van der Waals surface area (Å²) in [6.45, 7) is 0. The van der Waals surface area contributed by atoms with E-state index in [0.29, 0.717) is 5.56 Å². The summed E-state index contributed by atoms with van der Waals surface area (Å²) in [4.78, 5) is 1.96. The molecular formula is C21H24N2O3S. The van der Waals surface area contributed by atoms with Gasteiger partial charge in [0.25, 0.3) is 0 Å².